The normalized spacial score (nSPS) is 13.6. The molecule has 6 heteroatoms. The van der Waals surface area contributed by atoms with Crippen molar-refractivity contribution in [2.24, 2.45) is 0 Å². The number of hydrogen-bond donors (Lipinski definition) is 0. The minimum atomic E-state index is -0.0791. The van der Waals surface area contributed by atoms with E-state index in [0.717, 1.165) is 44.7 Å². The highest BCUT2D eigenvalue weighted by Crippen LogP contribution is 2.50. The number of rotatable bonds is 4. The molecule has 5 heterocycles. The molecule has 0 spiro atoms. The van der Waals surface area contributed by atoms with E-state index < -0.39 is 0 Å². The van der Waals surface area contributed by atoms with Crippen molar-refractivity contribution < 1.29 is 4.42 Å². The molecule has 0 saturated heterocycles. The molecule has 332 valence electrons. The summed E-state index contributed by atoms with van der Waals surface area (Å²) in [6, 6.07) is 62.0. The zero-order valence-electron chi connectivity index (χ0n) is 40.3. The zero-order valence-corrected chi connectivity index (χ0v) is 41.1. The predicted molar refractivity (Wildman–Crippen MR) is 294 cm³/mol. The van der Waals surface area contributed by atoms with Crippen molar-refractivity contribution in [1.82, 2.24) is 4.57 Å². The van der Waals surface area contributed by atoms with Gasteiger partial charge in [0.05, 0.1) is 32.5 Å². The molecule has 0 radical (unpaired) electrons. The molecule has 8 aromatic carbocycles. The molecule has 3 aromatic heterocycles. The average Bonchev–Trinajstić information content (AvgIpc) is 3.99. The topological polar surface area (TPSA) is 24.6 Å². The second-order valence-electron chi connectivity index (χ2n) is 22.2. The lowest BCUT2D eigenvalue weighted by molar-refractivity contribution is 0.590. The first-order chi connectivity index (χ1) is 32.6. The second kappa shape index (κ2) is 14.3. The summed E-state index contributed by atoms with van der Waals surface area (Å²) in [6.07, 6.45) is 0. The molecule has 2 aliphatic heterocycles. The number of furan rings is 1. The number of hydrogen-bond acceptors (Lipinski definition) is 4. The van der Waals surface area contributed by atoms with Crippen LogP contribution in [0.1, 0.15) is 79.0 Å². The number of fused-ring (bicyclic) bond motifs is 12. The van der Waals surface area contributed by atoms with Gasteiger partial charge in [-0.25, -0.2) is 0 Å². The van der Waals surface area contributed by atoms with Gasteiger partial charge in [-0.3, -0.25) is 0 Å². The van der Waals surface area contributed by atoms with E-state index >= 15 is 0 Å². The van der Waals surface area contributed by atoms with Crippen LogP contribution in [0.25, 0.3) is 58.8 Å². The molecule has 0 fully saturated rings. The fraction of sp³-hybridized carbons (Fsp3) is 0.194. The number of anilines is 6. The molecule has 68 heavy (non-hydrogen) atoms. The minimum absolute atomic E-state index is 0.00771. The standard InChI is InChI=1S/C62H54BN3OS/c1-60(2,3)37-24-29-40(30-25-37)64(41-31-26-38(27-32-41)61(4,5)6)42-35-50-56-51(36-42)66-57-45(59-58(66)44-17-11-13-23-54(44)68-59)18-14-19-47(57)63(56)46-33-28-39(62(7,8)9)34-49(46)65(50)48-20-15-22-53-55(48)43-16-10-12-21-52(43)67-53/h10-36H,1-9H3. The van der Waals surface area contributed by atoms with E-state index in [2.05, 4.69) is 240 Å². The molecule has 13 rings (SSSR count). The number of thiophene rings is 1. The first kappa shape index (κ1) is 41.2. The molecular weight excluding hydrogens is 846 g/mol. The summed E-state index contributed by atoms with van der Waals surface area (Å²) < 4.78 is 12.0. The Labute approximate surface area is 403 Å². The third kappa shape index (κ3) is 5.99. The van der Waals surface area contributed by atoms with E-state index in [0.29, 0.717) is 0 Å². The lowest BCUT2D eigenvalue weighted by atomic mass is 9.33. The Balaban J connectivity index is 1.20. The maximum absolute atomic E-state index is 6.68. The van der Waals surface area contributed by atoms with Crippen LogP contribution in [0.5, 0.6) is 0 Å². The summed E-state index contributed by atoms with van der Waals surface area (Å²) in [5, 5.41) is 4.83. The highest BCUT2D eigenvalue weighted by molar-refractivity contribution is 7.26. The Morgan fingerprint density at radius 3 is 1.74 bits per heavy atom. The SMILES string of the molecule is CC(C)(C)c1ccc(N(c2ccc(C(C)(C)C)cc2)c2cc3c4c(c2)-n2c5c(cccc5c5sc6ccccc6c52)B4c2ccc(C(C)(C)C)cc2N3c2cccc3oc4ccccc4c23)cc1. The van der Waals surface area contributed by atoms with Gasteiger partial charge in [0.2, 0.25) is 0 Å². The van der Waals surface area contributed by atoms with Crippen LogP contribution in [0.3, 0.4) is 0 Å². The van der Waals surface area contributed by atoms with Gasteiger partial charge in [0.25, 0.3) is 6.71 Å². The van der Waals surface area contributed by atoms with Crippen LogP contribution in [0.2, 0.25) is 0 Å². The third-order valence-corrected chi connectivity index (χ3v) is 16.0. The Morgan fingerprint density at radius 2 is 1.04 bits per heavy atom. The Hall–Kier alpha value is -7.02. The molecule has 0 aliphatic carbocycles. The van der Waals surface area contributed by atoms with E-state index in [4.69, 9.17) is 4.42 Å². The fourth-order valence-corrected chi connectivity index (χ4v) is 12.6. The van der Waals surface area contributed by atoms with Crippen molar-refractivity contribution in [3.05, 3.63) is 180 Å². The molecular formula is C62H54BN3OS. The van der Waals surface area contributed by atoms with Crippen LogP contribution in [0.15, 0.2) is 168 Å². The highest BCUT2D eigenvalue weighted by atomic mass is 32.1. The largest absolute Gasteiger partial charge is 0.456 e. The number of para-hydroxylation sites is 2. The summed E-state index contributed by atoms with van der Waals surface area (Å²) in [4.78, 5) is 5.08. The van der Waals surface area contributed by atoms with Gasteiger partial charge < -0.3 is 18.8 Å². The molecule has 0 bridgehead atoms. The van der Waals surface area contributed by atoms with Gasteiger partial charge in [-0.2, -0.15) is 0 Å². The van der Waals surface area contributed by atoms with Crippen LogP contribution in [0.4, 0.5) is 34.1 Å². The summed E-state index contributed by atoms with van der Waals surface area (Å²) in [7, 11) is 0. The molecule has 0 unspecified atom stereocenters. The van der Waals surface area contributed by atoms with Crippen LogP contribution in [-0.4, -0.2) is 11.3 Å². The van der Waals surface area contributed by atoms with Gasteiger partial charge in [-0.1, -0.05) is 159 Å². The molecule has 0 N–H and O–H groups in total. The van der Waals surface area contributed by atoms with Crippen LogP contribution in [0, 0.1) is 0 Å². The maximum Gasteiger partial charge on any atom is 0.252 e. The van der Waals surface area contributed by atoms with Crippen molar-refractivity contribution in [1.29, 1.82) is 0 Å². The lowest BCUT2D eigenvalue weighted by Gasteiger charge is -2.42. The van der Waals surface area contributed by atoms with Crippen LogP contribution >= 0.6 is 11.3 Å². The molecule has 0 amide bonds. The summed E-state index contributed by atoms with van der Waals surface area (Å²) >= 11 is 1.92. The molecule has 11 aromatic rings. The molecule has 0 saturated carbocycles. The monoisotopic (exact) mass is 899 g/mol. The molecule has 2 aliphatic rings. The smallest absolute Gasteiger partial charge is 0.252 e. The van der Waals surface area contributed by atoms with Gasteiger partial charge in [-0.15, -0.1) is 11.3 Å². The number of aromatic nitrogens is 1. The fourth-order valence-electron chi connectivity index (χ4n) is 11.3. The summed E-state index contributed by atoms with van der Waals surface area (Å²) in [6.45, 7) is 20.7. The summed E-state index contributed by atoms with van der Waals surface area (Å²) in [5.41, 5.74) is 20.2. The van der Waals surface area contributed by atoms with Gasteiger partial charge in [0.1, 0.15) is 11.2 Å². The lowest BCUT2D eigenvalue weighted by Crippen LogP contribution is -2.60. The van der Waals surface area contributed by atoms with Crippen molar-refractivity contribution >= 4 is 122 Å². The first-order valence-electron chi connectivity index (χ1n) is 24.1. The highest BCUT2D eigenvalue weighted by Gasteiger charge is 2.44. The van der Waals surface area contributed by atoms with Crippen molar-refractivity contribution in [2.75, 3.05) is 9.80 Å². The van der Waals surface area contributed by atoms with Crippen LogP contribution in [-0.2, 0) is 16.2 Å². The van der Waals surface area contributed by atoms with Gasteiger partial charge in [0, 0.05) is 49.3 Å². The Morgan fingerprint density at radius 1 is 0.456 bits per heavy atom. The van der Waals surface area contributed by atoms with E-state index in [-0.39, 0.29) is 23.0 Å². The Bertz CT molecular complexity index is 3810. The van der Waals surface area contributed by atoms with Gasteiger partial charge in [0.15, 0.2) is 0 Å². The first-order valence-corrected chi connectivity index (χ1v) is 24.9. The predicted octanol–water partition coefficient (Wildman–Crippen LogP) is 15.9. The second-order valence-corrected chi connectivity index (χ2v) is 23.3. The third-order valence-electron chi connectivity index (χ3n) is 14.8. The van der Waals surface area contributed by atoms with E-state index in [1.165, 1.54) is 81.3 Å². The minimum Gasteiger partial charge on any atom is -0.456 e. The van der Waals surface area contributed by atoms with Crippen molar-refractivity contribution in [3.8, 4) is 5.69 Å². The molecule has 4 nitrogen and oxygen atoms in total. The average molecular weight is 900 g/mol. The van der Waals surface area contributed by atoms with E-state index in [1.807, 2.05) is 11.3 Å². The van der Waals surface area contributed by atoms with Crippen molar-refractivity contribution in [3.63, 3.8) is 0 Å². The zero-order chi connectivity index (χ0) is 46.6. The van der Waals surface area contributed by atoms with Crippen molar-refractivity contribution in [2.45, 2.75) is 78.6 Å². The Kier molecular flexibility index (Phi) is 8.64. The number of benzene rings is 8. The van der Waals surface area contributed by atoms with E-state index in [1.54, 1.807) is 0 Å². The molecule has 0 atom stereocenters. The quantitative estimate of drug-likeness (QED) is 0.165. The van der Waals surface area contributed by atoms with Crippen LogP contribution < -0.4 is 26.2 Å². The maximum atomic E-state index is 6.68. The van der Waals surface area contributed by atoms with Gasteiger partial charge >= 0.3 is 0 Å². The number of nitrogens with zero attached hydrogens (tertiary/aromatic N) is 3. The van der Waals surface area contributed by atoms with E-state index in [9.17, 15) is 0 Å². The van der Waals surface area contributed by atoms with Gasteiger partial charge in [-0.05, 0) is 116 Å². The summed E-state index contributed by atoms with van der Waals surface area (Å²) in [5.74, 6) is 0.